The van der Waals surface area contributed by atoms with Crippen molar-refractivity contribution in [3.05, 3.63) is 12.2 Å². The first-order chi connectivity index (χ1) is 6.74. The summed E-state index contributed by atoms with van der Waals surface area (Å²) < 4.78 is 6.32. The maximum absolute atomic E-state index is 10.7. The second-order valence-electron chi connectivity index (χ2n) is 2.86. The second-order valence-corrected chi connectivity index (χ2v) is 2.86. The van der Waals surface area contributed by atoms with Crippen molar-refractivity contribution in [3.8, 4) is 0 Å². The number of carbonyl (C=O) groups is 1. The third-order valence-electron chi connectivity index (χ3n) is 1.83. The number of rotatable bonds is 5. The number of carbonyl (C=O) groups excluding carboxylic acids is 1. The molecule has 6 nitrogen and oxygen atoms in total. The van der Waals surface area contributed by atoms with Crippen molar-refractivity contribution < 1.29 is 9.53 Å². The molecule has 0 fully saturated rings. The minimum Gasteiger partial charge on any atom is -0.468 e. The standard InChI is InChI=1S/C8H14N4O2/c1-12-6-10-11-7(12)3-4-9-5-8(13)14-2/h6,9H,3-5H2,1-2H3. The highest BCUT2D eigenvalue weighted by atomic mass is 16.5. The van der Waals surface area contributed by atoms with Gasteiger partial charge in [-0.3, -0.25) is 4.79 Å². The Kier molecular flexibility index (Phi) is 4.06. The molecule has 0 atom stereocenters. The van der Waals surface area contributed by atoms with Crippen LogP contribution in [-0.4, -0.2) is 40.9 Å². The van der Waals surface area contributed by atoms with Crippen LogP contribution in [0, 0.1) is 0 Å². The Morgan fingerprint density at radius 2 is 2.50 bits per heavy atom. The van der Waals surface area contributed by atoms with Crippen molar-refractivity contribution in [2.45, 2.75) is 6.42 Å². The quantitative estimate of drug-likeness (QED) is 0.491. The second kappa shape index (κ2) is 5.33. The molecule has 0 unspecified atom stereocenters. The first-order valence-electron chi connectivity index (χ1n) is 4.34. The van der Waals surface area contributed by atoms with Crippen LogP contribution in [0.4, 0.5) is 0 Å². The first-order valence-corrected chi connectivity index (χ1v) is 4.34. The van der Waals surface area contributed by atoms with Crippen LogP contribution in [0.1, 0.15) is 5.82 Å². The highest BCUT2D eigenvalue weighted by molar-refractivity contribution is 5.71. The van der Waals surface area contributed by atoms with Gasteiger partial charge in [0.15, 0.2) is 0 Å². The molecule has 1 aromatic rings. The predicted octanol–water partition coefficient (Wildman–Crippen LogP) is -0.880. The number of hydrogen-bond donors (Lipinski definition) is 1. The van der Waals surface area contributed by atoms with Crippen molar-refractivity contribution in [2.75, 3.05) is 20.2 Å². The number of aryl methyl sites for hydroxylation is 1. The van der Waals surface area contributed by atoms with E-state index in [1.165, 1.54) is 7.11 Å². The SMILES string of the molecule is COC(=O)CNCCc1nncn1C. The lowest BCUT2D eigenvalue weighted by Gasteiger charge is -2.02. The van der Waals surface area contributed by atoms with Crippen molar-refractivity contribution >= 4 is 5.97 Å². The fourth-order valence-electron chi connectivity index (χ4n) is 0.996. The zero-order chi connectivity index (χ0) is 10.4. The van der Waals surface area contributed by atoms with Crippen LogP contribution in [0.25, 0.3) is 0 Å². The summed E-state index contributed by atoms with van der Waals surface area (Å²) in [4.78, 5) is 10.7. The van der Waals surface area contributed by atoms with E-state index >= 15 is 0 Å². The number of nitrogens with zero attached hydrogens (tertiary/aromatic N) is 3. The molecule has 0 spiro atoms. The molecular weight excluding hydrogens is 184 g/mol. The molecule has 1 rings (SSSR count). The van der Waals surface area contributed by atoms with E-state index in [1.54, 1.807) is 6.33 Å². The zero-order valence-corrected chi connectivity index (χ0v) is 8.36. The van der Waals surface area contributed by atoms with E-state index in [1.807, 2.05) is 11.6 Å². The summed E-state index contributed by atoms with van der Waals surface area (Å²) in [5, 5.41) is 10.6. The number of ether oxygens (including phenoxy) is 1. The van der Waals surface area contributed by atoms with Gasteiger partial charge in [0, 0.05) is 20.0 Å². The molecule has 78 valence electrons. The van der Waals surface area contributed by atoms with E-state index in [0.29, 0.717) is 6.54 Å². The third-order valence-corrected chi connectivity index (χ3v) is 1.83. The molecule has 0 aliphatic rings. The summed E-state index contributed by atoms with van der Waals surface area (Å²) in [5.41, 5.74) is 0. The maximum Gasteiger partial charge on any atom is 0.319 e. The Bertz CT molecular complexity index is 297. The maximum atomic E-state index is 10.7. The molecule has 0 aromatic carbocycles. The van der Waals surface area contributed by atoms with Gasteiger partial charge in [0.05, 0.1) is 13.7 Å². The average Bonchev–Trinajstić information content (AvgIpc) is 2.58. The zero-order valence-electron chi connectivity index (χ0n) is 8.36. The van der Waals surface area contributed by atoms with Gasteiger partial charge >= 0.3 is 5.97 Å². The Morgan fingerprint density at radius 3 is 3.07 bits per heavy atom. The van der Waals surface area contributed by atoms with Crippen molar-refractivity contribution in [2.24, 2.45) is 7.05 Å². The molecule has 1 N–H and O–H groups in total. The van der Waals surface area contributed by atoms with Gasteiger partial charge in [0.1, 0.15) is 12.2 Å². The number of nitrogens with one attached hydrogen (secondary N) is 1. The van der Waals surface area contributed by atoms with E-state index in [2.05, 4.69) is 20.3 Å². The number of aromatic nitrogens is 3. The molecule has 14 heavy (non-hydrogen) atoms. The number of hydrogen-bond acceptors (Lipinski definition) is 5. The topological polar surface area (TPSA) is 69.0 Å². The molecule has 1 aromatic heterocycles. The first kappa shape index (κ1) is 10.6. The molecule has 1 heterocycles. The van der Waals surface area contributed by atoms with Crippen LogP contribution in [0.3, 0.4) is 0 Å². The van der Waals surface area contributed by atoms with Crippen LogP contribution in [-0.2, 0) is 23.0 Å². The Balaban J connectivity index is 2.16. The van der Waals surface area contributed by atoms with Gasteiger partial charge in [-0.1, -0.05) is 0 Å². The van der Waals surface area contributed by atoms with Crippen molar-refractivity contribution in [1.82, 2.24) is 20.1 Å². The summed E-state index contributed by atoms with van der Waals surface area (Å²) in [5.74, 6) is 0.630. The predicted molar refractivity (Wildman–Crippen MR) is 49.6 cm³/mol. The smallest absolute Gasteiger partial charge is 0.319 e. The Morgan fingerprint density at radius 1 is 1.71 bits per heavy atom. The van der Waals surface area contributed by atoms with Gasteiger partial charge < -0.3 is 14.6 Å². The van der Waals surface area contributed by atoms with E-state index < -0.39 is 0 Å². The average molecular weight is 198 g/mol. The molecule has 0 amide bonds. The largest absolute Gasteiger partial charge is 0.468 e. The summed E-state index contributed by atoms with van der Waals surface area (Å²) in [6.45, 7) is 0.913. The van der Waals surface area contributed by atoms with Crippen LogP contribution in [0.2, 0.25) is 0 Å². The summed E-state index contributed by atoms with van der Waals surface area (Å²) in [7, 11) is 3.25. The van der Waals surface area contributed by atoms with E-state index in [-0.39, 0.29) is 12.5 Å². The highest BCUT2D eigenvalue weighted by Crippen LogP contribution is 1.90. The normalized spacial score (nSPS) is 10.1. The van der Waals surface area contributed by atoms with E-state index in [4.69, 9.17) is 0 Å². The molecule has 0 aliphatic carbocycles. The lowest BCUT2D eigenvalue weighted by Crippen LogP contribution is -2.26. The van der Waals surface area contributed by atoms with Gasteiger partial charge in [-0.05, 0) is 0 Å². The fourth-order valence-corrected chi connectivity index (χ4v) is 0.996. The molecule has 0 saturated carbocycles. The third kappa shape index (κ3) is 3.14. The summed E-state index contributed by atoms with van der Waals surface area (Å²) in [6.07, 6.45) is 2.39. The highest BCUT2D eigenvalue weighted by Gasteiger charge is 2.01. The monoisotopic (exact) mass is 198 g/mol. The molecule has 6 heteroatoms. The van der Waals surface area contributed by atoms with E-state index in [9.17, 15) is 4.79 Å². The molecular formula is C8H14N4O2. The van der Waals surface area contributed by atoms with Gasteiger partial charge in [-0.2, -0.15) is 0 Å². The van der Waals surface area contributed by atoms with Gasteiger partial charge in [-0.15, -0.1) is 10.2 Å². The van der Waals surface area contributed by atoms with Gasteiger partial charge in [0.25, 0.3) is 0 Å². The van der Waals surface area contributed by atoms with Crippen LogP contribution in [0.5, 0.6) is 0 Å². The molecule has 0 saturated heterocycles. The van der Waals surface area contributed by atoms with Gasteiger partial charge in [-0.25, -0.2) is 0 Å². The van der Waals surface area contributed by atoms with Crippen LogP contribution in [0.15, 0.2) is 6.33 Å². The number of methoxy groups -OCH3 is 1. The Hall–Kier alpha value is -1.43. The van der Waals surface area contributed by atoms with E-state index in [0.717, 1.165) is 12.2 Å². The lowest BCUT2D eigenvalue weighted by atomic mass is 10.4. The molecule has 0 bridgehead atoms. The van der Waals surface area contributed by atoms with Crippen LogP contribution < -0.4 is 5.32 Å². The minimum atomic E-state index is -0.261. The Labute approximate surface area is 82.3 Å². The molecule has 0 radical (unpaired) electrons. The van der Waals surface area contributed by atoms with Crippen molar-refractivity contribution in [1.29, 1.82) is 0 Å². The van der Waals surface area contributed by atoms with Crippen LogP contribution >= 0.6 is 0 Å². The number of esters is 1. The lowest BCUT2D eigenvalue weighted by molar-refractivity contribution is -0.139. The van der Waals surface area contributed by atoms with Crippen molar-refractivity contribution in [3.63, 3.8) is 0 Å². The summed E-state index contributed by atoms with van der Waals surface area (Å²) >= 11 is 0. The summed E-state index contributed by atoms with van der Waals surface area (Å²) in [6, 6.07) is 0. The fraction of sp³-hybridized carbons (Fsp3) is 0.625. The van der Waals surface area contributed by atoms with Gasteiger partial charge in [0.2, 0.25) is 0 Å². The molecule has 0 aliphatic heterocycles. The minimum absolute atomic E-state index is 0.231.